The van der Waals surface area contributed by atoms with Crippen LogP contribution < -0.4 is 5.32 Å². The second-order valence-corrected chi connectivity index (χ2v) is 7.25. The van der Waals surface area contributed by atoms with Gasteiger partial charge in [0.1, 0.15) is 5.82 Å². The highest BCUT2D eigenvalue weighted by Gasteiger charge is 2.02. The minimum atomic E-state index is -0.236. The van der Waals surface area contributed by atoms with Gasteiger partial charge in [-0.1, -0.05) is 18.2 Å². The number of amides is 1. The second kappa shape index (κ2) is 10.3. The van der Waals surface area contributed by atoms with E-state index in [1.165, 1.54) is 17.0 Å². The van der Waals surface area contributed by atoms with Gasteiger partial charge in [-0.25, -0.2) is 4.39 Å². The molecule has 2 rings (SSSR count). The highest BCUT2D eigenvalue weighted by atomic mass is 32.2. The van der Waals surface area contributed by atoms with Crippen molar-refractivity contribution in [2.45, 2.75) is 22.6 Å². The minimum Gasteiger partial charge on any atom is -0.356 e. The Balaban J connectivity index is 1.51. The molecule has 2 aromatic carbocycles. The van der Waals surface area contributed by atoms with E-state index in [0.29, 0.717) is 18.7 Å². The Hall–Kier alpha value is -1.46. The first-order valence-electron chi connectivity index (χ1n) is 7.57. The third-order valence-corrected chi connectivity index (χ3v) is 5.18. The Morgan fingerprint density at radius 1 is 0.913 bits per heavy atom. The quantitative estimate of drug-likeness (QED) is 0.530. The fourth-order valence-electron chi connectivity index (χ4n) is 1.89. The summed E-state index contributed by atoms with van der Waals surface area (Å²) in [5.41, 5.74) is 0. The van der Waals surface area contributed by atoms with Gasteiger partial charge in [-0.05, 0) is 48.6 Å². The Bertz CT molecular complexity index is 590. The molecule has 0 unspecified atom stereocenters. The molecule has 0 radical (unpaired) electrons. The Morgan fingerprint density at radius 2 is 1.57 bits per heavy atom. The number of nitrogens with one attached hydrogen (secondary N) is 1. The van der Waals surface area contributed by atoms with Crippen molar-refractivity contribution in [1.82, 2.24) is 5.32 Å². The molecule has 0 heterocycles. The van der Waals surface area contributed by atoms with E-state index in [0.717, 1.165) is 17.1 Å². The number of benzene rings is 2. The van der Waals surface area contributed by atoms with Crippen molar-refractivity contribution >= 4 is 29.4 Å². The lowest BCUT2D eigenvalue weighted by Crippen LogP contribution is -2.24. The summed E-state index contributed by atoms with van der Waals surface area (Å²) in [6, 6.07) is 16.6. The number of hydrogen-bond acceptors (Lipinski definition) is 3. The molecule has 2 aromatic rings. The molecule has 1 amide bonds. The van der Waals surface area contributed by atoms with E-state index in [1.54, 1.807) is 35.7 Å². The highest BCUT2D eigenvalue weighted by molar-refractivity contribution is 7.99. The Morgan fingerprint density at radius 3 is 2.30 bits per heavy atom. The summed E-state index contributed by atoms with van der Waals surface area (Å²) >= 11 is 3.37. The summed E-state index contributed by atoms with van der Waals surface area (Å²) < 4.78 is 12.8. The maximum absolute atomic E-state index is 12.8. The first-order chi connectivity index (χ1) is 11.2. The maximum Gasteiger partial charge on any atom is 0.220 e. The zero-order valence-corrected chi connectivity index (χ0v) is 14.5. The van der Waals surface area contributed by atoms with E-state index in [4.69, 9.17) is 0 Å². The van der Waals surface area contributed by atoms with Gasteiger partial charge in [0.2, 0.25) is 5.91 Å². The van der Waals surface area contributed by atoms with Crippen LogP contribution in [0.15, 0.2) is 64.4 Å². The molecule has 0 aliphatic carbocycles. The molecule has 0 saturated heterocycles. The van der Waals surface area contributed by atoms with Crippen molar-refractivity contribution in [1.29, 1.82) is 0 Å². The van der Waals surface area contributed by atoms with Crippen LogP contribution in [0.25, 0.3) is 0 Å². The van der Waals surface area contributed by atoms with Gasteiger partial charge in [0.05, 0.1) is 0 Å². The molecule has 0 saturated carbocycles. The molecule has 0 atom stereocenters. The normalized spacial score (nSPS) is 10.5. The van der Waals surface area contributed by atoms with Gasteiger partial charge >= 0.3 is 0 Å². The maximum atomic E-state index is 12.8. The SMILES string of the molecule is O=C(CCSc1ccc(F)cc1)NCCCSc1ccccc1. The van der Waals surface area contributed by atoms with E-state index in [9.17, 15) is 9.18 Å². The predicted octanol–water partition coefficient (Wildman–Crippen LogP) is 4.61. The van der Waals surface area contributed by atoms with E-state index in [-0.39, 0.29) is 11.7 Å². The van der Waals surface area contributed by atoms with E-state index >= 15 is 0 Å². The van der Waals surface area contributed by atoms with E-state index < -0.39 is 0 Å². The van der Waals surface area contributed by atoms with Gasteiger partial charge < -0.3 is 5.32 Å². The van der Waals surface area contributed by atoms with Crippen molar-refractivity contribution in [3.63, 3.8) is 0 Å². The van der Waals surface area contributed by atoms with Crippen LogP contribution in [0.3, 0.4) is 0 Å². The third-order valence-electron chi connectivity index (χ3n) is 3.07. The molecule has 0 spiro atoms. The topological polar surface area (TPSA) is 29.1 Å². The first kappa shape index (κ1) is 17.9. The van der Waals surface area contributed by atoms with Gasteiger partial charge in [0, 0.05) is 28.5 Å². The van der Waals surface area contributed by atoms with Crippen molar-refractivity contribution in [3.8, 4) is 0 Å². The number of carbonyl (C=O) groups is 1. The van der Waals surface area contributed by atoms with Gasteiger partial charge in [-0.15, -0.1) is 23.5 Å². The smallest absolute Gasteiger partial charge is 0.220 e. The van der Waals surface area contributed by atoms with Crippen molar-refractivity contribution in [2.24, 2.45) is 0 Å². The van der Waals surface area contributed by atoms with E-state index in [2.05, 4.69) is 17.4 Å². The average Bonchev–Trinajstić information content (AvgIpc) is 2.57. The molecule has 5 heteroatoms. The fourth-order valence-corrected chi connectivity index (χ4v) is 3.61. The summed E-state index contributed by atoms with van der Waals surface area (Å²) in [7, 11) is 0. The van der Waals surface area contributed by atoms with Crippen LogP contribution in [-0.2, 0) is 4.79 Å². The third kappa shape index (κ3) is 7.57. The zero-order chi connectivity index (χ0) is 16.3. The first-order valence-corrected chi connectivity index (χ1v) is 9.54. The van der Waals surface area contributed by atoms with Crippen LogP contribution in [0.1, 0.15) is 12.8 Å². The van der Waals surface area contributed by atoms with Gasteiger partial charge in [-0.2, -0.15) is 0 Å². The molecule has 2 nitrogen and oxygen atoms in total. The molecule has 0 aliphatic heterocycles. The van der Waals surface area contributed by atoms with Crippen LogP contribution in [-0.4, -0.2) is 24.0 Å². The zero-order valence-electron chi connectivity index (χ0n) is 12.8. The van der Waals surface area contributed by atoms with Crippen LogP contribution in [0.4, 0.5) is 4.39 Å². The summed E-state index contributed by atoms with van der Waals surface area (Å²) in [5, 5.41) is 2.94. The molecule has 0 fully saturated rings. The molecule has 0 bridgehead atoms. The van der Waals surface area contributed by atoms with Crippen LogP contribution in [0, 0.1) is 5.82 Å². The Labute approximate surface area is 145 Å². The number of rotatable bonds is 9. The molecule has 1 N–H and O–H groups in total. The predicted molar refractivity (Wildman–Crippen MR) is 96.5 cm³/mol. The average molecular weight is 349 g/mol. The number of hydrogen-bond donors (Lipinski definition) is 1. The molecule has 0 aliphatic rings. The fraction of sp³-hybridized carbons (Fsp3) is 0.278. The lowest BCUT2D eigenvalue weighted by atomic mass is 10.4. The minimum absolute atomic E-state index is 0.0734. The highest BCUT2D eigenvalue weighted by Crippen LogP contribution is 2.19. The van der Waals surface area contributed by atoms with Crippen molar-refractivity contribution < 1.29 is 9.18 Å². The molecule has 23 heavy (non-hydrogen) atoms. The standard InChI is InChI=1S/C18H20FNOS2/c19-15-7-9-17(10-8-15)23-14-11-18(21)20-12-4-13-22-16-5-2-1-3-6-16/h1-3,5-10H,4,11-14H2,(H,20,21). The summed E-state index contributed by atoms with van der Waals surface area (Å²) in [6.07, 6.45) is 1.43. The molecule has 122 valence electrons. The molecular formula is C18H20FNOS2. The largest absolute Gasteiger partial charge is 0.356 e. The van der Waals surface area contributed by atoms with Gasteiger partial charge in [0.25, 0.3) is 0 Å². The van der Waals surface area contributed by atoms with Gasteiger partial charge in [0.15, 0.2) is 0 Å². The van der Waals surface area contributed by atoms with Crippen LogP contribution in [0.2, 0.25) is 0 Å². The Kier molecular flexibility index (Phi) is 8.04. The lowest BCUT2D eigenvalue weighted by Gasteiger charge is -2.05. The van der Waals surface area contributed by atoms with Gasteiger partial charge in [-0.3, -0.25) is 4.79 Å². The lowest BCUT2D eigenvalue weighted by molar-refractivity contribution is -0.120. The van der Waals surface area contributed by atoms with Crippen molar-refractivity contribution in [2.75, 3.05) is 18.1 Å². The number of carbonyl (C=O) groups excluding carboxylic acids is 1. The number of halogens is 1. The summed E-state index contributed by atoms with van der Waals surface area (Å²) in [4.78, 5) is 14.0. The van der Waals surface area contributed by atoms with E-state index in [1.807, 2.05) is 18.2 Å². The summed E-state index contributed by atoms with van der Waals surface area (Å²) in [6.45, 7) is 0.708. The van der Waals surface area contributed by atoms with Crippen LogP contribution >= 0.6 is 23.5 Å². The monoisotopic (exact) mass is 349 g/mol. The van der Waals surface area contributed by atoms with Crippen molar-refractivity contribution in [3.05, 3.63) is 60.4 Å². The summed E-state index contributed by atoms with van der Waals surface area (Å²) in [5.74, 6) is 1.54. The second-order valence-electron chi connectivity index (χ2n) is 4.92. The number of thioether (sulfide) groups is 2. The molecule has 0 aromatic heterocycles. The molecular weight excluding hydrogens is 329 g/mol. The van der Waals surface area contributed by atoms with Crippen LogP contribution in [0.5, 0.6) is 0 Å².